The van der Waals surface area contributed by atoms with Crippen molar-refractivity contribution >= 4 is 34.2 Å². The van der Waals surface area contributed by atoms with Crippen LogP contribution in [0.1, 0.15) is 37.0 Å². The van der Waals surface area contributed by atoms with E-state index in [1.165, 1.54) is 6.92 Å². The highest BCUT2D eigenvalue weighted by atomic mass is 16.6. The average molecular weight is 434 g/mol. The zero-order chi connectivity index (χ0) is 22.8. The average Bonchev–Trinajstić information content (AvgIpc) is 3.12. The monoisotopic (exact) mass is 434 g/mol. The summed E-state index contributed by atoms with van der Waals surface area (Å²) in [5.41, 5.74) is 8.94. The van der Waals surface area contributed by atoms with Crippen LogP contribution in [0.15, 0.2) is 29.1 Å². The second-order valence-electron chi connectivity index (χ2n) is 8.00. The van der Waals surface area contributed by atoms with Gasteiger partial charge in [0.2, 0.25) is 5.60 Å². The Kier molecular flexibility index (Phi) is 4.27. The lowest BCUT2D eigenvalue weighted by atomic mass is 9.85. The Balaban J connectivity index is 1.82. The van der Waals surface area contributed by atoms with Gasteiger partial charge >= 0.3 is 11.9 Å². The number of hydrogen-bond acceptors (Lipinski definition) is 8. The molecule has 4 heterocycles. The van der Waals surface area contributed by atoms with Crippen molar-refractivity contribution < 1.29 is 19.1 Å². The van der Waals surface area contributed by atoms with Gasteiger partial charge in [-0.25, -0.2) is 9.78 Å². The molecular formula is C23H22N4O5. The topological polar surface area (TPSA) is 126 Å². The number of nitrogens with one attached hydrogen (secondary N) is 1. The van der Waals surface area contributed by atoms with E-state index in [1.54, 1.807) is 23.6 Å². The smallest absolute Gasteiger partial charge is 0.355 e. The van der Waals surface area contributed by atoms with Crippen molar-refractivity contribution in [2.75, 3.05) is 18.1 Å². The number of esters is 2. The maximum Gasteiger partial charge on any atom is 0.355 e. The molecule has 0 bridgehead atoms. The number of rotatable bonds is 3. The summed E-state index contributed by atoms with van der Waals surface area (Å²) in [5.74, 6) is -1.31. The number of nitrogens with zero attached hydrogens (tertiary/aromatic N) is 2. The molecule has 0 fully saturated rings. The van der Waals surface area contributed by atoms with Gasteiger partial charge in [0.05, 0.1) is 34.7 Å². The number of benzene rings is 1. The maximum atomic E-state index is 13.5. The third-order valence-electron chi connectivity index (χ3n) is 6.25. The molecule has 32 heavy (non-hydrogen) atoms. The van der Waals surface area contributed by atoms with Gasteiger partial charge in [-0.1, -0.05) is 6.92 Å². The van der Waals surface area contributed by atoms with E-state index in [0.717, 1.165) is 22.2 Å². The van der Waals surface area contributed by atoms with Crippen LogP contribution in [0.4, 0.5) is 11.4 Å². The summed E-state index contributed by atoms with van der Waals surface area (Å²) >= 11 is 0. The molecule has 3 aromatic rings. The minimum Gasteiger partial charge on any atom is -0.457 e. The fraction of sp³-hybridized carbons (Fsp3) is 0.304. The highest BCUT2D eigenvalue weighted by Gasteiger charge is 2.50. The van der Waals surface area contributed by atoms with Gasteiger partial charge in [-0.05, 0) is 30.7 Å². The Hall–Kier alpha value is -3.88. The second-order valence-corrected chi connectivity index (χ2v) is 8.00. The van der Waals surface area contributed by atoms with Crippen molar-refractivity contribution in [1.29, 1.82) is 0 Å². The van der Waals surface area contributed by atoms with E-state index in [9.17, 15) is 14.4 Å². The van der Waals surface area contributed by atoms with Crippen LogP contribution in [0.5, 0.6) is 0 Å². The predicted octanol–water partition coefficient (Wildman–Crippen LogP) is 2.27. The molecule has 0 radical (unpaired) electrons. The number of aromatic nitrogens is 2. The number of carbonyl (C=O) groups is 2. The molecule has 0 amide bonds. The van der Waals surface area contributed by atoms with Gasteiger partial charge in [-0.2, -0.15) is 0 Å². The van der Waals surface area contributed by atoms with Crippen molar-refractivity contribution in [2.24, 2.45) is 0 Å². The Morgan fingerprint density at radius 3 is 2.78 bits per heavy atom. The summed E-state index contributed by atoms with van der Waals surface area (Å²) in [6.07, 6.45) is 0.139. The number of nitrogens with two attached hydrogens (primary N) is 1. The summed E-state index contributed by atoms with van der Waals surface area (Å²) in [6, 6.07) is 7.19. The van der Waals surface area contributed by atoms with Crippen LogP contribution >= 0.6 is 0 Å². The summed E-state index contributed by atoms with van der Waals surface area (Å²) in [6.45, 7) is 3.09. The summed E-state index contributed by atoms with van der Waals surface area (Å²) in [4.78, 5) is 42.9. The lowest BCUT2D eigenvalue weighted by Gasteiger charge is -2.35. The molecule has 1 aromatic carbocycles. The first-order valence-corrected chi connectivity index (χ1v) is 10.3. The number of cyclic esters (lactones) is 1. The standard InChI is InChI=1S/C23H22N4O5/c1-4-23(32-11(2)28)16-8-18-20-14(9-27(18)21(29)15(16)10-31-22(23)30)19(25-3)13-7-12(24)5-6-17(13)26-20/h5-8H,4,9-10,24H2,1-3H3,(H,25,26). The summed E-state index contributed by atoms with van der Waals surface area (Å²) < 4.78 is 12.4. The Morgan fingerprint density at radius 2 is 2.09 bits per heavy atom. The van der Waals surface area contributed by atoms with Crippen molar-refractivity contribution in [3.63, 3.8) is 0 Å². The minimum atomic E-state index is -1.66. The number of carbonyl (C=O) groups excluding carboxylic acids is 2. The quantitative estimate of drug-likeness (QED) is 0.372. The lowest BCUT2D eigenvalue weighted by molar-refractivity contribution is -0.188. The molecule has 2 aliphatic rings. The number of anilines is 2. The molecule has 1 atom stereocenters. The van der Waals surface area contributed by atoms with Crippen molar-refractivity contribution in [1.82, 2.24) is 9.55 Å². The highest BCUT2D eigenvalue weighted by molar-refractivity contribution is 5.98. The van der Waals surface area contributed by atoms with Crippen molar-refractivity contribution in [2.45, 2.75) is 39.0 Å². The van der Waals surface area contributed by atoms with Gasteiger partial charge < -0.3 is 25.1 Å². The van der Waals surface area contributed by atoms with Gasteiger partial charge in [0.25, 0.3) is 5.56 Å². The van der Waals surface area contributed by atoms with Crippen LogP contribution < -0.4 is 16.6 Å². The molecule has 1 unspecified atom stereocenters. The van der Waals surface area contributed by atoms with Crippen LogP contribution in [0, 0.1) is 0 Å². The van der Waals surface area contributed by atoms with Gasteiger partial charge in [0.1, 0.15) is 6.61 Å². The van der Waals surface area contributed by atoms with E-state index in [4.69, 9.17) is 20.2 Å². The van der Waals surface area contributed by atoms with Crippen molar-refractivity contribution in [3.05, 3.63) is 51.3 Å². The lowest BCUT2D eigenvalue weighted by Crippen LogP contribution is -2.47. The largest absolute Gasteiger partial charge is 0.457 e. The molecule has 0 spiro atoms. The SMILES string of the molecule is CCC1(OC(C)=O)C(=O)OCc2c1cc1n(c2=O)Cc2c-1nc1ccc(N)cc1c2NC. The Bertz CT molecular complexity index is 1390. The van der Waals surface area contributed by atoms with E-state index in [-0.39, 0.29) is 18.6 Å². The van der Waals surface area contributed by atoms with Crippen LogP contribution in [0.2, 0.25) is 0 Å². The molecule has 0 saturated carbocycles. The van der Waals surface area contributed by atoms with Gasteiger partial charge in [0.15, 0.2) is 0 Å². The fourth-order valence-electron chi connectivity index (χ4n) is 4.79. The summed E-state index contributed by atoms with van der Waals surface area (Å²) in [7, 11) is 1.81. The number of hydrogen-bond donors (Lipinski definition) is 2. The first-order chi connectivity index (χ1) is 15.3. The van der Waals surface area contributed by atoms with E-state index in [0.29, 0.717) is 34.7 Å². The maximum absolute atomic E-state index is 13.5. The molecule has 0 saturated heterocycles. The second kappa shape index (κ2) is 6.81. The van der Waals surface area contributed by atoms with Crippen LogP contribution in [-0.4, -0.2) is 28.5 Å². The number of pyridine rings is 2. The first kappa shape index (κ1) is 20.0. The van der Waals surface area contributed by atoms with Gasteiger partial charge in [-0.3, -0.25) is 9.59 Å². The minimum absolute atomic E-state index is 0.139. The number of ether oxygens (including phenoxy) is 2. The Morgan fingerprint density at radius 1 is 1.31 bits per heavy atom. The van der Waals surface area contributed by atoms with E-state index in [1.807, 2.05) is 19.2 Å². The number of fused-ring (bicyclic) bond motifs is 5. The molecule has 2 aliphatic heterocycles. The van der Waals surface area contributed by atoms with Crippen LogP contribution in [0.25, 0.3) is 22.3 Å². The van der Waals surface area contributed by atoms with E-state index >= 15 is 0 Å². The zero-order valence-electron chi connectivity index (χ0n) is 17.9. The normalized spacial score (nSPS) is 18.5. The Labute approximate surface area is 183 Å². The molecule has 9 nitrogen and oxygen atoms in total. The predicted molar refractivity (Wildman–Crippen MR) is 118 cm³/mol. The molecule has 9 heteroatoms. The fourth-order valence-corrected chi connectivity index (χ4v) is 4.79. The molecule has 3 N–H and O–H groups in total. The molecule has 164 valence electrons. The molecule has 5 rings (SSSR count). The first-order valence-electron chi connectivity index (χ1n) is 10.3. The number of nitrogen functional groups attached to an aromatic ring is 1. The zero-order valence-corrected chi connectivity index (χ0v) is 17.9. The summed E-state index contributed by atoms with van der Waals surface area (Å²) in [5, 5.41) is 4.08. The van der Waals surface area contributed by atoms with Gasteiger partial charge in [0, 0.05) is 36.2 Å². The van der Waals surface area contributed by atoms with Crippen LogP contribution in [0.3, 0.4) is 0 Å². The third kappa shape index (κ3) is 2.57. The van der Waals surface area contributed by atoms with Gasteiger partial charge in [-0.15, -0.1) is 0 Å². The molecular weight excluding hydrogens is 412 g/mol. The van der Waals surface area contributed by atoms with E-state index in [2.05, 4.69) is 5.32 Å². The highest BCUT2D eigenvalue weighted by Crippen LogP contribution is 2.43. The molecule has 0 aliphatic carbocycles. The molecule has 2 aromatic heterocycles. The van der Waals surface area contributed by atoms with Crippen LogP contribution in [-0.2, 0) is 37.8 Å². The van der Waals surface area contributed by atoms with Crippen molar-refractivity contribution in [3.8, 4) is 11.4 Å². The van der Waals surface area contributed by atoms with E-state index < -0.39 is 17.5 Å². The third-order valence-corrected chi connectivity index (χ3v) is 6.25.